The van der Waals surface area contributed by atoms with Crippen LogP contribution in [-0.4, -0.2) is 30.4 Å². The quantitative estimate of drug-likeness (QED) is 0.509. The van der Waals surface area contributed by atoms with Gasteiger partial charge in [-0.1, -0.05) is 34.8 Å². The molecule has 2 N–H and O–H groups in total. The van der Waals surface area contributed by atoms with Crippen molar-refractivity contribution in [1.82, 2.24) is 5.32 Å². The van der Waals surface area contributed by atoms with Crippen LogP contribution in [-0.2, 0) is 14.3 Å². The second kappa shape index (κ2) is 9.64. The van der Waals surface area contributed by atoms with Gasteiger partial charge in [0.05, 0.1) is 33.4 Å². The summed E-state index contributed by atoms with van der Waals surface area (Å²) in [7, 11) is 0. The lowest BCUT2D eigenvalue weighted by Crippen LogP contribution is -2.32. The van der Waals surface area contributed by atoms with Gasteiger partial charge in [0.15, 0.2) is 11.9 Å². The molecule has 144 valence electrons. The van der Waals surface area contributed by atoms with Crippen LogP contribution < -0.4 is 10.6 Å². The van der Waals surface area contributed by atoms with Crippen LogP contribution in [0.3, 0.4) is 0 Å². The number of nitrogens with one attached hydrogen (secondary N) is 2. The zero-order valence-corrected chi connectivity index (χ0v) is 16.3. The van der Waals surface area contributed by atoms with Crippen molar-refractivity contribution in [3.05, 3.63) is 51.4 Å². The lowest BCUT2D eigenvalue weighted by atomic mass is 10.3. The van der Waals surface area contributed by atoms with E-state index in [2.05, 4.69) is 10.6 Å². The Balaban J connectivity index is 1.79. The number of anilines is 1. The van der Waals surface area contributed by atoms with E-state index < -0.39 is 23.9 Å². The van der Waals surface area contributed by atoms with E-state index in [0.717, 1.165) is 0 Å². The molecular weight excluding hydrogens is 419 g/mol. The van der Waals surface area contributed by atoms with Crippen molar-refractivity contribution in [3.8, 4) is 0 Å². The number of benzene rings is 1. The lowest BCUT2D eigenvalue weighted by Gasteiger charge is -2.15. The monoisotopic (exact) mass is 432 g/mol. The summed E-state index contributed by atoms with van der Waals surface area (Å²) in [6, 6.07) is 5.85. The van der Waals surface area contributed by atoms with E-state index in [9.17, 15) is 14.4 Å². The second-order valence-electron chi connectivity index (χ2n) is 5.35. The molecule has 0 bridgehead atoms. The molecule has 27 heavy (non-hydrogen) atoms. The molecule has 0 aliphatic rings. The number of rotatable bonds is 7. The first-order valence-corrected chi connectivity index (χ1v) is 8.88. The van der Waals surface area contributed by atoms with Crippen molar-refractivity contribution in [1.29, 1.82) is 0 Å². The third kappa shape index (κ3) is 6.16. The third-order valence-corrected chi connectivity index (χ3v) is 4.34. The van der Waals surface area contributed by atoms with E-state index in [1.807, 2.05) is 0 Å². The molecule has 0 saturated carbocycles. The summed E-state index contributed by atoms with van der Waals surface area (Å²) in [4.78, 5) is 35.6. The Kier molecular flexibility index (Phi) is 7.53. The first kappa shape index (κ1) is 21.1. The minimum Gasteiger partial charge on any atom is -0.459 e. The number of amides is 2. The lowest BCUT2D eigenvalue weighted by molar-refractivity contribution is -0.153. The van der Waals surface area contributed by atoms with E-state index in [1.54, 1.807) is 6.07 Å². The number of esters is 1. The molecule has 2 rings (SSSR count). The third-order valence-electron chi connectivity index (χ3n) is 3.30. The Morgan fingerprint density at radius 1 is 1.15 bits per heavy atom. The van der Waals surface area contributed by atoms with Gasteiger partial charge in [-0.05, 0) is 31.2 Å². The summed E-state index contributed by atoms with van der Waals surface area (Å²) in [6.45, 7) is 1.44. The van der Waals surface area contributed by atoms with Crippen LogP contribution in [0.4, 0.5) is 5.69 Å². The molecule has 1 aromatic heterocycles. The minimum absolute atomic E-state index is 0.0331. The van der Waals surface area contributed by atoms with Crippen LogP contribution in [0.2, 0.25) is 15.1 Å². The highest BCUT2D eigenvalue weighted by atomic mass is 35.5. The Bertz CT molecular complexity index is 839. The summed E-state index contributed by atoms with van der Waals surface area (Å²) in [5.41, 5.74) is 0.240. The van der Waals surface area contributed by atoms with Crippen molar-refractivity contribution < 1.29 is 23.5 Å². The number of carbonyl (C=O) groups excluding carboxylic acids is 3. The summed E-state index contributed by atoms with van der Waals surface area (Å²) >= 11 is 17.7. The molecule has 0 saturated heterocycles. The Morgan fingerprint density at radius 2 is 1.85 bits per heavy atom. The van der Waals surface area contributed by atoms with Gasteiger partial charge in [0.2, 0.25) is 0 Å². The van der Waals surface area contributed by atoms with Gasteiger partial charge >= 0.3 is 5.97 Å². The molecule has 7 nitrogen and oxygen atoms in total. The highest BCUT2D eigenvalue weighted by Gasteiger charge is 2.19. The summed E-state index contributed by atoms with van der Waals surface area (Å²) in [6.07, 6.45) is 0.171. The van der Waals surface area contributed by atoms with E-state index in [1.165, 1.54) is 31.4 Å². The average molecular weight is 434 g/mol. The molecule has 0 radical (unpaired) electrons. The fourth-order valence-electron chi connectivity index (χ4n) is 1.94. The molecule has 1 unspecified atom stereocenters. The van der Waals surface area contributed by atoms with Crippen LogP contribution >= 0.6 is 34.8 Å². The molecule has 2 amide bonds. The Hall–Kier alpha value is -2.22. The molecule has 1 aromatic carbocycles. The van der Waals surface area contributed by atoms with Gasteiger partial charge in [0.1, 0.15) is 0 Å². The average Bonchev–Trinajstić information content (AvgIpc) is 3.14. The van der Waals surface area contributed by atoms with Gasteiger partial charge < -0.3 is 19.8 Å². The molecular formula is C17H15Cl3N2O5. The zero-order chi connectivity index (χ0) is 20.0. The number of hydrogen-bond acceptors (Lipinski definition) is 5. The van der Waals surface area contributed by atoms with E-state index >= 15 is 0 Å². The van der Waals surface area contributed by atoms with Crippen molar-refractivity contribution in [2.24, 2.45) is 0 Å². The summed E-state index contributed by atoms with van der Waals surface area (Å²) in [5, 5.41) is 5.66. The highest BCUT2D eigenvalue weighted by molar-refractivity contribution is 6.44. The van der Waals surface area contributed by atoms with Crippen LogP contribution in [0.5, 0.6) is 0 Å². The van der Waals surface area contributed by atoms with Gasteiger partial charge in [-0.3, -0.25) is 14.4 Å². The van der Waals surface area contributed by atoms with Gasteiger partial charge in [-0.2, -0.15) is 0 Å². The van der Waals surface area contributed by atoms with Crippen molar-refractivity contribution in [3.63, 3.8) is 0 Å². The molecule has 0 spiro atoms. The van der Waals surface area contributed by atoms with E-state index in [-0.39, 0.29) is 39.5 Å². The van der Waals surface area contributed by atoms with Gasteiger partial charge in [0.25, 0.3) is 11.8 Å². The van der Waals surface area contributed by atoms with Gasteiger partial charge in [-0.25, -0.2) is 0 Å². The molecule has 2 aromatic rings. The first-order chi connectivity index (χ1) is 12.8. The largest absolute Gasteiger partial charge is 0.459 e. The molecule has 1 heterocycles. The second-order valence-corrected chi connectivity index (χ2v) is 6.57. The predicted molar refractivity (Wildman–Crippen MR) is 101 cm³/mol. The van der Waals surface area contributed by atoms with E-state index in [4.69, 9.17) is 44.0 Å². The van der Waals surface area contributed by atoms with Crippen LogP contribution in [0.25, 0.3) is 0 Å². The SMILES string of the molecule is CC(OC(=O)CCNC(=O)c1ccco1)C(=O)Nc1cc(Cl)c(Cl)cc1Cl. The molecule has 0 aliphatic carbocycles. The summed E-state index contributed by atoms with van der Waals surface area (Å²) < 4.78 is 9.94. The number of halogens is 3. The maximum absolute atomic E-state index is 12.1. The van der Waals surface area contributed by atoms with Crippen LogP contribution in [0.1, 0.15) is 23.9 Å². The fraction of sp³-hybridized carbons (Fsp3) is 0.235. The number of carbonyl (C=O) groups is 3. The number of ether oxygens (including phenoxy) is 1. The fourth-order valence-corrected chi connectivity index (χ4v) is 2.53. The molecule has 10 heteroatoms. The van der Waals surface area contributed by atoms with Crippen molar-refractivity contribution in [2.45, 2.75) is 19.4 Å². The number of hydrogen-bond donors (Lipinski definition) is 2. The van der Waals surface area contributed by atoms with Crippen molar-refractivity contribution >= 4 is 58.3 Å². The summed E-state index contributed by atoms with van der Waals surface area (Å²) in [5.74, 6) is -1.57. The number of furan rings is 1. The smallest absolute Gasteiger partial charge is 0.308 e. The zero-order valence-electron chi connectivity index (χ0n) is 14.1. The minimum atomic E-state index is -1.08. The Labute approximate surface area is 169 Å². The van der Waals surface area contributed by atoms with E-state index in [0.29, 0.717) is 0 Å². The van der Waals surface area contributed by atoms with Crippen LogP contribution in [0, 0.1) is 0 Å². The van der Waals surface area contributed by atoms with Crippen LogP contribution in [0.15, 0.2) is 34.9 Å². The predicted octanol–water partition coefficient (Wildman–Crippen LogP) is 3.93. The highest BCUT2D eigenvalue weighted by Crippen LogP contribution is 2.32. The van der Waals surface area contributed by atoms with Crippen molar-refractivity contribution in [2.75, 3.05) is 11.9 Å². The maximum Gasteiger partial charge on any atom is 0.308 e. The van der Waals surface area contributed by atoms with Gasteiger partial charge in [0, 0.05) is 6.54 Å². The molecule has 0 fully saturated rings. The van der Waals surface area contributed by atoms with Gasteiger partial charge in [-0.15, -0.1) is 0 Å². The normalized spacial score (nSPS) is 11.6. The maximum atomic E-state index is 12.1. The molecule has 0 aliphatic heterocycles. The topological polar surface area (TPSA) is 97.6 Å². The Morgan fingerprint density at radius 3 is 2.52 bits per heavy atom. The first-order valence-electron chi connectivity index (χ1n) is 7.74. The molecule has 1 atom stereocenters. The standard InChI is InChI=1S/C17H15Cl3N2O5/c1-9(16(24)22-13-8-11(19)10(18)7-12(13)20)27-15(23)4-5-21-17(25)14-3-2-6-26-14/h2-3,6-9H,4-5H2,1H3,(H,21,25)(H,22,24).